The summed E-state index contributed by atoms with van der Waals surface area (Å²) in [5.41, 5.74) is 10.8. The zero-order valence-corrected chi connectivity index (χ0v) is 33.0. The van der Waals surface area contributed by atoms with E-state index in [0.29, 0.717) is 11.5 Å². The van der Waals surface area contributed by atoms with Gasteiger partial charge in [0.2, 0.25) is 0 Å². The van der Waals surface area contributed by atoms with Crippen LogP contribution >= 0.6 is 11.3 Å². The number of aromatic nitrogens is 2. The molecule has 0 radical (unpaired) electrons. The van der Waals surface area contributed by atoms with Crippen LogP contribution in [-0.4, -0.2) is 9.55 Å². The molecule has 0 aliphatic carbocycles. The van der Waals surface area contributed by atoms with Crippen molar-refractivity contribution in [2.75, 3.05) is 9.80 Å². The van der Waals surface area contributed by atoms with Crippen LogP contribution in [0.3, 0.4) is 0 Å². The molecule has 6 aromatic carbocycles. The van der Waals surface area contributed by atoms with Gasteiger partial charge in [-0.05, 0) is 93.1 Å². The summed E-state index contributed by atoms with van der Waals surface area (Å²) in [5, 5.41) is 2.32. The van der Waals surface area contributed by atoms with Crippen molar-refractivity contribution in [1.82, 2.24) is 9.55 Å². The minimum absolute atomic E-state index is 0. The molecule has 262 valence electrons. The third-order valence-electron chi connectivity index (χ3n) is 9.58. The molecule has 0 spiro atoms. The zero-order valence-electron chi connectivity index (χ0n) is 29.9. The first-order chi connectivity index (χ1) is 24.6. The standard InChI is InChI=1S/C45H37N4OS.Pt/c1-28-22-29(2)42(30(3)23-28)48-27-47(38-19-10-11-20-39(38)48)32-14-13-15-33(26-32)50-40-25-31(24-35-34-16-7-12-21-41(34)51-43(35)40)44-46-36-17-8-9-18-37(36)49(44)45(4,5)6;/h7-24,27H,1-6H3;/q-3;. The van der Waals surface area contributed by atoms with Crippen molar-refractivity contribution in [1.29, 1.82) is 0 Å². The van der Waals surface area contributed by atoms with Crippen molar-refractivity contribution in [2.45, 2.75) is 47.1 Å². The molecule has 0 saturated heterocycles. The smallest absolute Gasteiger partial charge is 0.0770 e. The molecule has 9 rings (SSSR count). The molecule has 1 aliphatic heterocycles. The van der Waals surface area contributed by atoms with Gasteiger partial charge in [0.05, 0.1) is 22.6 Å². The van der Waals surface area contributed by atoms with Crippen molar-refractivity contribution < 1.29 is 25.8 Å². The summed E-state index contributed by atoms with van der Waals surface area (Å²) < 4.78 is 11.4. The second kappa shape index (κ2) is 12.9. The Morgan fingerprint density at radius 2 is 1.42 bits per heavy atom. The molecular formula is C45H37N4OPtS-3. The number of hydrogen-bond donors (Lipinski definition) is 0. The Labute approximate surface area is 323 Å². The number of benzene rings is 6. The molecule has 1 aliphatic rings. The van der Waals surface area contributed by atoms with E-state index in [1.165, 1.54) is 32.5 Å². The first-order valence-electron chi connectivity index (χ1n) is 17.3. The Bertz CT molecular complexity index is 2630. The van der Waals surface area contributed by atoms with Crippen LogP contribution in [0.2, 0.25) is 0 Å². The first kappa shape index (κ1) is 34.2. The number of aryl methyl sites for hydroxylation is 3. The summed E-state index contributed by atoms with van der Waals surface area (Å²) in [6, 6.07) is 45.5. The molecule has 2 aromatic heterocycles. The predicted molar refractivity (Wildman–Crippen MR) is 213 cm³/mol. The average molecular weight is 877 g/mol. The van der Waals surface area contributed by atoms with Crippen LogP contribution < -0.4 is 14.5 Å². The van der Waals surface area contributed by atoms with E-state index < -0.39 is 0 Å². The Hall–Kier alpha value is -4.90. The van der Waals surface area contributed by atoms with Crippen molar-refractivity contribution in [2.24, 2.45) is 0 Å². The van der Waals surface area contributed by atoms with Crippen LogP contribution in [0.25, 0.3) is 42.6 Å². The van der Waals surface area contributed by atoms with Gasteiger partial charge in [0.25, 0.3) is 0 Å². The molecule has 5 nitrogen and oxygen atoms in total. The van der Waals surface area contributed by atoms with Crippen molar-refractivity contribution >= 4 is 65.3 Å². The number of rotatable bonds is 5. The molecule has 3 heterocycles. The van der Waals surface area contributed by atoms with Crippen molar-refractivity contribution in [3.05, 3.63) is 145 Å². The maximum Gasteiger partial charge on any atom is 0.0770 e. The van der Waals surface area contributed by atoms with Crippen LogP contribution in [0.5, 0.6) is 11.5 Å². The fraction of sp³-hybridized carbons (Fsp3) is 0.156. The topological polar surface area (TPSA) is 33.5 Å². The quantitative estimate of drug-likeness (QED) is 0.161. The number of anilines is 4. The number of thiophene rings is 1. The molecule has 0 saturated carbocycles. The first-order valence-corrected chi connectivity index (χ1v) is 18.1. The summed E-state index contributed by atoms with van der Waals surface area (Å²) in [6.07, 6.45) is 0. The second-order valence-corrected chi connectivity index (χ2v) is 15.4. The van der Waals surface area contributed by atoms with Crippen molar-refractivity contribution in [3.8, 4) is 22.9 Å². The van der Waals surface area contributed by atoms with Gasteiger partial charge in [-0.25, -0.2) is 0 Å². The molecule has 0 atom stereocenters. The van der Waals surface area contributed by atoms with Gasteiger partial charge in [-0.15, -0.1) is 42.2 Å². The number of hydrogen-bond acceptors (Lipinski definition) is 5. The summed E-state index contributed by atoms with van der Waals surface area (Å²) in [7, 11) is 0. The maximum atomic E-state index is 6.84. The third-order valence-corrected chi connectivity index (χ3v) is 10.8. The van der Waals surface area contributed by atoms with Gasteiger partial charge in [0.15, 0.2) is 0 Å². The number of imidazole rings is 1. The van der Waals surface area contributed by atoms with Crippen molar-refractivity contribution in [3.63, 3.8) is 0 Å². The van der Waals surface area contributed by atoms with E-state index in [1.807, 2.05) is 18.2 Å². The van der Waals surface area contributed by atoms with Gasteiger partial charge in [-0.2, -0.15) is 17.4 Å². The fourth-order valence-corrected chi connectivity index (χ4v) is 8.71. The molecule has 0 fully saturated rings. The van der Waals surface area contributed by atoms with Crippen LogP contribution in [0.1, 0.15) is 37.5 Å². The van der Waals surface area contributed by atoms with Gasteiger partial charge in [-0.1, -0.05) is 71.6 Å². The van der Waals surface area contributed by atoms with Gasteiger partial charge < -0.3 is 19.1 Å². The van der Waals surface area contributed by atoms with Gasteiger partial charge in [0, 0.05) is 54.1 Å². The molecule has 52 heavy (non-hydrogen) atoms. The van der Waals surface area contributed by atoms with E-state index in [9.17, 15) is 0 Å². The van der Waals surface area contributed by atoms with Gasteiger partial charge >= 0.3 is 0 Å². The molecule has 0 bridgehead atoms. The number of para-hydroxylation sites is 4. The van der Waals surface area contributed by atoms with E-state index in [-0.39, 0.29) is 26.6 Å². The normalized spacial score (nSPS) is 12.9. The number of fused-ring (bicyclic) bond motifs is 5. The zero-order chi connectivity index (χ0) is 35.0. The minimum atomic E-state index is -0.208. The van der Waals surface area contributed by atoms with Crippen LogP contribution in [-0.2, 0) is 26.6 Å². The van der Waals surface area contributed by atoms with Gasteiger partial charge in [0.1, 0.15) is 0 Å². The largest absolute Gasteiger partial charge is 0.501 e. The minimum Gasteiger partial charge on any atom is -0.501 e. The Morgan fingerprint density at radius 3 is 2.19 bits per heavy atom. The molecule has 0 N–H and O–H groups in total. The molecule has 7 heteroatoms. The Morgan fingerprint density at radius 1 is 0.731 bits per heavy atom. The van der Waals surface area contributed by atoms with E-state index >= 15 is 0 Å². The maximum absolute atomic E-state index is 6.84. The van der Waals surface area contributed by atoms with E-state index in [1.54, 1.807) is 11.3 Å². The fourth-order valence-electron chi connectivity index (χ4n) is 7.60. The molecular weight excluding hydrogens is 840 g/mol. The second-order valence-electron chi connectivity index (χ2n) is 14.4. The summed E-state index contributed by atoms with van der Waals surface area (Å²) in [4.78, 5) is 9.65. The number of nitrogens with zero attached hydrogens (tertiary/aromatic N) is 4. The summed E-state index contributed by atoms with van der Waals surface area (Å²) >= 11 is 1.73. The van der Waals surface area contributed by atoms with E-state index in [0.717, 1.165) is 49.6 Å². The predicted octanol–water partition coefficient (Wildman–Crippen LogP) is 12.6. The number of ether oxygens (including phenoxy) is 1. The Balaban J connectivity index is 0.00000387. The van der Waals surface area contributed by atoms with E-state index in [4.69, 9.17) is 9.72 Å². The molecule has 0 amide bonds. The third kappa shape index (κ3) is 5.69. The monoisotopic (exact) mass is 876 g/mol. The van der Waals surface area contributed by atoms with Crippen LogP contribution in [0.4, 0.5) is 22.7 Å². The Kier molecular flexibility index (Phi) is 8.51. The molecule has 8 aromatic rings. The van der Waals surface area contributed by atoms with Gasteiger partial charge in [-0.3, -0.25) is 4.98 Å². The summed E-state index contributed by atoms with van der Waals surface area (Å²) in [5.74, 6) is 2.16. The van der Waals surface area contributed by atoms with E-state index in [2.05, 4.69) is 166 Å². The SMILES string of the molecule is Cc1cc(C)c(N2[CH-]N(c3[c-]c(Oc4[c-]c(-c5nc6ccccc6n5C(C)(C)C)cc5c4sc4ccccc45)ccc3)c3ccccc32)c(C)c1.[Pt]. The average Bonchev–Trinajstić information content (AvgIpc) is 3.80. The molecule has 0 unspecified atom stereocenters. The van der Waals surface area contributed by atoms with Crippen LogP contribution in [0, 0.1) is 39.6 Å². The summed E-state index contributed by atoms with van der Waals surface area (Å²) in [6.45, 7) is 15.3. The van der Waals surface area contributed by atoms with Crippen LogP contribution in [0.15, 0.2) is 109 Å².